The maximum absolute atomic E-state index is 9.51. The normalized spacial score (nSPS) is 12.9. The minimum atomic E-state index is 0.0354. The minimum Gasteiger partial charge on any atom is -0.506 e. The molecule has 0 bridgehead atoms. The molecule has 1 aromatic rings. The van der Waals surface area contributed by atoms with E-state index in [2.05, 4.69) is 38.8 Å². The first-order valence-electron chi connectivity index (χ1n) is 4.49. The van der Waals surface area contributed by atoms with Gasteiger partial charge in [-0.15, -0.1) is 0 Å². The number of benzene rings is 1. The van der Waals surface area contributed by atoms with Gasteiger partial charge in [-0.05, 0) is 56.0 Å². The lowest BCUT2D eigenvalue weighted by molar-refractivity contribution is 0.467. The standard InChI is InChI=1S/C10H13Br2NO/c1-2-3-9(13)6-4-7(11)10(14)8(12)5-6/h4-5,9,14H,2-3,13H2,1H3. The average Bonchev–Trinajstić information content (AvgIpc) is 2.13. The van der Waals surface area contributed by atoms with E-state index in [-0.39, 0.29) is 11.8 Å². The highest BCUT2D eigenvalue weighted by Gasteiger charge is 2.10. The van der Waals surface area contributed by atoms with Gasteiger partial charge in [-0.3, -0.25) is 0 Å². The van der Waals surface area contributed by atoms with Gasteiger partial charge in [0.25, 0.3) is 0 Å². The fourth-order valence-corrected chi connectivity index (χ4v) is 2.50. The molecule has 0 aliphatic heterocycles. The number of rotatable bonds is 3. The molecule has 0 aromatic heterocycles. The van der Waals surface area contributed by atoms with Crippen molar-refractivity contribution < 1.29 is 5.11 Å². The summed E-state index contributed by atoms with van der Waals surface area (Å²) in [4.78, 5) is 0. The molecule has 2 nitrogen and oxygen atoms in total. The van der Waals surface area contributed by atoms with Crippen molar-refractivity contribution in [2.45, 2.75) is 25.8 Å². The lowest BCUT2D eigenvalue weighted by atomic mass is 10.0. The number of nitrogens with two attached hydrogens (primary N) is 1. The monoisotopic (exact) mass is 321 g/mol. The van der Waals surface area contributed by atoms with Crippen LogP contribution in [-0.4, -0.2) is 5.11 Å². The Morgan fingerprint density at radius 1 is 1.36 bits per heavy atom. The molecule has 0 aliphatic carbocycles. The second kappa shape index (κ2) is 5.14. The number of hydrogen-bond acceptors (Lipinski definition) is 2. The molecule has 4 heteroatoms. The highest BCUT2D eigenvalue weighted by molar-refractivity contribution is 9.11. The van der Waals surface area contributed by atoms with Crippen LogP contribution in [0.2, 0.25) is 0 Å². The predicted molar refractivity (Wildman–Crippen MR) is 65.3 cm³/mol. The molecule has 0 saturated heterocycles. The third-order valence-corrected chi connectivity index (χ3v) is 3.28. The van der Waals surface area contributed by atoms with Gasteiger partial charge in [0, 0.05) is 6.04 Å². The van der Waals surface area contributed by atoms with E-state index in [1.54, 1.807) is 0 Å². The van der Waals surface area contributed by atoms with Gasteiger partial charge >= 0.3 is 0 Å². The van der Waals surface area contributed by atoms with Crippen LogP contribution in [0.3, 0.4) is 0 Å². The van der Waals surface area contributed by atoms with E-state index < -0.39 is 0 Å². The van der Waals surface area contributed by atoms with E-state index in [9.17, 15) is 5.11 Å². The summed E-state index contributed by atoms with van der Waals surface area (Å²) in [5, 5.41) is 9.51. The molecule has 0 heterocycles. The van der Waals surface area contributed by atoms with Gasteiger partial charge in [-0.2, -0.15) is 0 Å². The zero-order valence-corrected chi connectivity index (χ0v) is 11.1. The number of phenols is 1. The SMILES string of the molecule is CCCC(N)c1cc(Br)c(O)c(Br)c1. The molecule has 14 heavy (non-hydrogen) atoms. The van der Waals surface area contributed by atoms with Crippen molar-refractivity contribution in [2.24, 2.45) is 5.73 Å². The van der Waals surface area contributed by atoms with Crippen LogP contribution in [0.5, 0.6) is 5.75 Å². The van der Waals surface area contributed by atoms with Crippen molar-refractivity contribution in [1.29, 1.82) is 0 Å². The Hall–Kier alpha value is -0.0600. The molecule has 78 valence electrons. The highest BCUT2D eigenvalue weighted by atomic mass is 79.9. The van der Waals surface area contributed by atoms with E-state index in [0.29, 0.717) is 8.95 Å². The van der Waals surface area contributed by atoms with Crippen molar-refractivity contribution in [2.75, 3.05) is 0 Å². The molecule has 0 saturated carbocycles. The Bertz CT molecular complexity index is 305. The zero-order valence-electron chi connectivity index (χ0n) is 7.93. The highest BCUT2D eigenvalue weighted by Crippen LogP contribution is 2.35. The maximum atomic E-state index is 9.51. The molecule has 0 spiro atoms. The summed E-state index contributed by atoms with van der Waals surface area (Å²) in [6.07, 6.45) is 2.00. The van der Waals surface area contributed by atoms with E-state index >= 15 is 0 Å². The number of hydrogen-bond donors (Lipinski definition) is 2. The molecular formula is C10H13Br2NO. The second-order valence-corrected chi connectivity index (χ2v) is 4.94. The zero-order chi connectivity index (χ0) is 10.7. The smallest absolute Gasteiger partial charge is 0.143 e. The third kappa shape index (κ3) is 2.72. The fourth-order valence-electron chi connectivity index (χ4n) is 1.28. The van der Waals surface area contributed by atoms with E-state index in [0.717, 1.165) is 18.4 Å². The molecule has 1 atom stereocenters. The van der Waals surface area contributed by atoms with Crippen molar-refractivity contribution in [3.05, 3.63) is 26.6 Å². The largest absolute Gasteiger partial charge is 0.506 e. The van der Waals surface area contributed by atoms with Crippen LogP contribution in [-0.2, 0) is 0 Å². The van der Waals surface area contributed by atoms with Gasteiger partial charge < -0.3 is 10.8 Å². The van der Waals surface area contributed by atoms with Crippen molar-refractivity contribution in [3.63, 3.8) is 0 Å². The molecular weight excluding hydrogens is 310 g/mol. The molecule has 0 aliphatic rings. The lowest BCUT2D eigenvalue weighted by Gasteiger charge is -2.12. The number of aromatic hydroxyl groups is 1. The Balaban J connectivity index is 3.00. The lowest BCUT2D eigenvalue weighted by Crippen LogP contribution is -2.09. The Morgan fingerprint density at radius 2 is 1.86 bits per heavy atom. The summed E-state index contributed by atoms with van der Waals surface area (Å²) in [6.45, 7) is 2.10. The molecule has 3 N–H and O–H groups in total. The van der Waals surface area contributed by atoms with Crippen LogP contribution in [0, 0.1) is 0 Å². The molecule has 0 amide bonds. The fraction of sp³-hybridized carbons (Fsp3) is 0.400. The van der Waals surface area contributed by atoms with Crippen molar-refractivity contribution >= 4 is 31.9 Å². The van der Waals surface area contributed by atoms with Gasteiger partial charge in [-0.25, -0.2) is 0 Å². The van der Waals surface area contributed by atoms with E-state index in [1.165, 1.54) is 0 Å². The van der Waals surface area contributed by atoms with Gasteiger partial charge in [0.05, 0.1) is 8.95 Å². The average molecular weight is 323 g/mol. The first-order chi connectivity index (χ1) is 6.56. The second-order valence-electron chi connectivity index (χ2n) is 3.23. The van der Waals surface area contributed by atoms with Crippen LogP contribution in [0.4, 0.5) is 0 Å². The summed E-state index contributed by atoms with van der Waals surface area (Å²) < 4.78 is 1.35. The molecule has 1 rings (SSSR count). The first-order valence-corrected chi connectivity index (χ1v) is 6.08. The van der Waals surface area contributed by atoms with Gasteiger partial charge in [-0.1, -0.05) is 13.3 Å². The van der Waals surface area contributed by atoms with Crippen LogP contribution in [0.1, 0.15) is 31.4 Å². The Morgan fingerprint density at radius 3 is 2.29 bits per heavy atom. The van der Waals surface area contributed by atoms with Crippen molar-refractivity contribution in [1.82, 2.24) is 0 Å². The van der Waals surface area contributed by atoms with Crippen LogP contribution in [0.25, 0.3) is 0 Å². The molecule has 0 radical (unpaired) electrons. The third-order valence-electron chi connectivity index (χ3n) is 2.07. The molecule has 0 fully saturated rings. The first kappa shape index (κ1) is 12.0. The predicted octanol–water partition coefficient (Wildman–Crippen LogP) is 3.72. The van der Waals surface area contributed by atoms with Crippen LogP contribution in [0.15, 0.2) is 21.1 Å². The van der Waals surface area contributed by atoms with E-state index in [4.69, 9.17) is 5.73 Å². The van der Waals surface area contributed by atoms with Crippen LogP contribution < -0.4 is 5.73 Å². The number of phenolic OH excluding ortho intramolecular Hbond substituents is 1. The molecule has 1 unspecified atom stereocenters. The van der Waals surface area contributed by atoms with E-state index in [1.807, 2.05) is 12.1 Å². The summed E-state index contributed by atoms with van der Waals surface area (Å²) in [5.41, 5.74) is 7.00. The van der Waals surface area contributed by atoms with Crippen LogP contribution >= 0.6 is 31.9 Å². The number of halogens is 2. The van der Waals surface area contributed by atoms with Crippen molar-refractivity contribution in [3.8, 4) is 5.75 Å². The van der Waals surface area contributed by atoms with Gasteiger partial charge in [0.1, 0.15) is 5.75 Å². The summed E-state index contributed by atoms with van der Waals surface area (Å²) >= 11 is 6.56. The summed E-state index contributed by atoms with van der Waals surface area (Å²) in [7, 11) is 0. The Labute approximate surface area is 101 Å². The summed E-state index contributed by atoms with van der Waals surface area (Å²) in [6, 6.07) is 3.76. The van der Waals surface area contributed by atoms with Gasteiger partial charge in [0.2, 0.25) is 0 Å². The minimum absolute atomic E-state index is 0.0354. The maximum Gasteiger partial charge on any atom is 0.143 e. The summed E-state index contributed by atoms with van der Waals surface area (Å²) in [5.74, 6) is 0.220. The Kier molecular flexibility index (Phi) is 4.41. The quantitative estimate of drug-likeness (QED) is 0.891. The molecule has 1 aromatic carbocycles. The van der Waals surface area contributed by atoms with Gasteiger partial charge in [0.15, 0.2) is 0 Å². The topological polar surface area (TPSA) is 46.2 Å².